The predicted octanol–water partition coefficient (Wildman–Crippen LogP) is 2.99. The highest BCUT2D eigenvalue weighted by atomic mass is 32.2. The van der Waals surface area contributed by atoms with Crippen LogP contribution in [0.25, 0.3) is 0 Å². The number of carbonyl (C=O) groups excluding carboxylic acids is 2. The molecule has 0 unspecified atom stereocenters. The lowest BCUT2D eigenvalue weighted by atomic mass is 9.96. The average molecular weight is 355 g/mol. The maximum absolute atomic E-state index is 12.7. The van der Waals surface area contributed by atoms with Gasteiger partial charge in [0.05, 0.1) is 5.75 Å². The van der Waals surface area contributed by atoms with Crippen LogP contribution in [0.1, 0.15) is 22.3 Å². The van der Waals surface area contributed by atoms with Gasteiger partial charge in [-0.15, -0.1) is 0 Å². The van der Waals surface area contributed by atoms with E-state index in [9.17, 15) is 19.5 Å². The van der Waals surface area contributed by atoms with Crippen molar-refractivity contribution in [3.63, 3.8) is 0 Å². The van der Waals surface area contributed by atoms with E-state index in [0.717, 1.165) is 17.3 Å². The Morgan fingerprint density at radius 2 is 1.72 bits per heavy atom. The summed E-state index contributed by atoms with van der Waals surface area (Å²) in [6.45, 7) is 0. The zero-order chi connectivity index (χ0) is 17.8. The maximum Gasteiger partial charge on any atom is 0.326 e. The summed E-state index contributed by atoms with van der Waals surface area (Å²) < 4.78 is 0. The molecule has 0 fully saturated rings. The van der Waals surface area contributed by atoms with E-state index in [4.69, 9.17) is 0 Å². The minimum Gasteiger partial charge on any atom is -0.480 e. The highest BCUT2D eigenvalue weighted by Crippen LogP contribution is 2.31. The summed E-state index contributed by atoms with van der Waals surface area (Å²) in [6, 6.07) is 15.1. The van der Waals surface area contributed by atoms with E-state index in [-0.39, 0.29) is 16.8 Å². The van der Waals surface area contributed by atoms with Gasteiger partial charge in [0, 0.05) is 11.3 Å². The molecule has 2 aromatic carbocycles. The second-order valence-electron chi connectivity index (χ2n) is 5.73. The van der Waals surface area contributed by atoms with E-state index < -0.39 is 12.0 Å². The molecule has 0 bridgehead atoms. The number of carbonyl (C=O) groups is 3. The van der Waals surface area contributed by atoms with Gasteiger partial charge in [0.1, 0.15) is 6.04 Å². The van der Waals surface area contributed by atoms with Crippen molar-refractivity contribution in [3.8, 4) is 0 Å². The van der Waals surface area contributed by atoms with Crippen LogP contribution < -0.4 is 4.90 Å². The van der Waals surface area contributed by atoms with Crippen molar-refractivity contribution >= 4 is 34.4 Å². The zero-order valence-electron chi connectivity index (χ0n) is 13.4. The number of amides is 1. The number of hydrogen-bond donors (Lipinski definition) is 1. The quantitative estimate of drug-likeness (QED) is 0.913. The molecule has 0 saturated carbocycles. The minimum absolute atomic E-state index is 0.0914. The van der Waals surface area contributed by atoms with Crippen LogP contribution in [0.3, 0.4) is 0 Å². The molecule has 0 saturated heterocycles. The van der Waals surface area contributed by atoms with E-state index in [0.29, 0.717) is 24.1 Å². The smallest absolute Gasteiger partial charge is 0.326 e. The van der Waals surface area contributed by atoms with E-state index in [1.54, 1.807) is 36.4 Å². The van der Waals surface area contributed by atoms with Crippen molar-refractivity contribution in [2.24, 2.45) is 0 Å². The highest BCUT2D eigenvalue weighted by Gasteiger charge is 2.35. The number of anilines is 1. The van der Waals surface area contributed by atoms with Gasteiger partial charge in [-0.05, 0) is 24.5 Å². The lowest BCUT2D eigenvalue weighted by Gasteiger charge is -2.34. The summed E-state index contributed by atoms with van der Waals surface area (Å²) >= 11 is 0.897. The second-order valence-corrected chi connectivity index (χ2v) is 6.68. The van der Waals surface area contributed by atoms with Gasteiger partial charge < -0.3 is 5.11 Å². The van der Waals surface area contributed by atoms with Gasteiger partial charge in [0.2, 0.25) is 11.0 Å². The van der Waals surface area contributed by atoms with Crippen molar-refractivity contribution in [2.75, 3.05) is 10.7 Å². The van der Waals surface area contributed by atoms with Gasteiger partial charge in [-0.1, -0.05) is 60.3 Å². The summed E-state index contributed by atoms with van der Waals surface area (Å²) in [4.78, 5) is 37.8. The number of aryl methyl sites for hydroxylation is 1. The first-order chi connectivity index (χ1) is 12.1. The molecule has 6 heteroatoms. The number of aliphatic carboxylic acids is 1. The van der Waals surface area contributed by atoms with Gasteiger partial charge in [0.25, 0.3) is 0 Å². The fourth-order valence-electron chi connectivity index (χ4n) is 2.94. The summed E-state index contributed by atoms with van der Waals surface area (Å²) in [5.74, 6) is -1.48. The van der Waals surface area contributed by atoms with Crippen molar-refractivity contribution < 1.29 is 19.5 Å². The van der Waals surface area contributed by atoms with Crippen LogP contribution in [0.5, 0.6) is 0 Å². The molecule has 25 heavy (non-hydrogen) atoms. The van der Waals surface area contributed by atoms with Crippen LogP contribution in [0.15, 0.2) is 54.6 Å². The molecular formula is C19H17NO4S. The standard InChI is InChI=1S/C19H17NO4S/c21-17(12-25-19(24)14-7-2-1-3-8-14)20-15-9-5-4-6-13(15)10-11-16(20)18(22)23/h1-9,16H,10-12H2,(H,22,23)/t16-/m0/s1. The molecule has 1 heterocycles. The number of benzene rings is 2. The van der Waals surface area contributed by atoms with Gasteiger partial charge in [-0.2, -0.15) is 0 Å². The molecule has 5 nitrogen and oxygen atoms in total. The molecule has 128 valence electrons. The Morgan fingerprint density at radius 3 is 2.44 bits per heavy atom. The lowest BCUT2D eigenvalue weighted by molar-refractivity contribution is -0.140. The molecule has 1 N–H and O–H groups in total. The first-order valence-corrected chi connectivity index (χ1v) is 8.91. The molecule has 1 atom stereocenters. The second kappa shape index (κ2) is 7.53. The highest BCUT2D eigenvalue weighted by molar-refractivity contribution is 8.14. The third-order valence-corrected chi connectivity index (χ3v) is 5.03. The summed E-state index contributed by atoms with van der Waals surface area (Å²) in [7, 11) is 0. The fraction of sp³-hybridized carbons (Fsp3) is 0.211. The molecule has 1 aliphatic heterocycles. The van der Waals surface area contributed by atoms with Crippen LogP contribution in [-0.4, -0.2) is 33.9 Å². The topological polar surface area (TPSA) is 74.7 Å². The molecule has 3 rings (SSSR count). The number of carboxylic acid groups (broad SMARTS) is 1. The Morgan fingerprint density at radius 1 is 1.04 bits per heavy atom. The number of carboxylic acids is 1. The normalized spacial score (nSPS) is 16.2. The van der Waals surface area contributed by atoms with Crippen LogP contribution in [0.2, 0.25) is 0 Å². The van der Waals surface area contributed by atoms with Gasteiger partial charge in [-0.3, -0.25) is 14.5 Å². The summed E-state index contributed by atoms with van der Waals surface area (Å²) in [6.07, 6.45) is 0.988. The van der Waals surface area contributed by atoms with E-state index >= 15 is 0 Å². The Balaban J connectivity index is 1.77. The van der Waals surface area contributed by atoms with Crippen LogP contribution in [-0.2, 0) is 16.0 Å². The Kier molecular flexibility index (Phi) is 5.19. The van der Waals surface area contributed by atoms with Crippen molar-refractivity contribution in [3.05, 3.63) is 65.7 Å². The number of hydrogen-bond acceptors (Lipinski definition) is 4. The van der Waals surface area contributed by atoms with Gasteiger partial charge in [-0.25, -0.2) is 4.79 Å². The fourth-order valence-corrected chi connectivity index (χ4v) is 3.64. The third-order valence-electron chi connectivity index (χ3n) is 4.14. The number of rotatable bonds is 4. The molecule has 1 aliphatic rings. The largest absolute Gasteiger partial charge is 0.480 e. The van der Waals surface area contributed by atoms with Gasteiger partial charge in [0.15, 0.2) is 0 Å². The number of para-hydroxylation sites is 1. The Hall–Kier alpha value is -2.60. The Labute approximate surface area is 149 Å². The monoisotopic (exact) mass is 355 g/mol. The molecule has 2 aromatic rings. The SMILES string of the molecule is O=C(SCC(=O)N1c2ccccc2CC[C@H]1C(=O)O)c1ccccc1. The zero-order valence-corrected chi connectivity index (χ0v) is 14.2. The molecular weight excluding hydrogens is 338 g/mol. The Bertz CT molecular complexity index is 806. The average Bonchev–Trinajstić information content (AvgIpc) is 2.65. The van der Waals surface area contributed by atoms with Crippen molar-refractivity contribution in [2.45, 2.75) is 18.9 Å². The summed E-state index contributed by atoms with van der Waals surface area (Å²) in [5, 5.41) is 9.27. The van der Waals surface area contributed by atoms with E-state index in [2.05, 4.69) is 0 Å². The van der Waals surface area contributed by atoms with Crippen LogP contribution in [0, 0.1) is 0 Å². The molecule has 0 radical (unpaired) electrons. The molecule has 1 amide bonds. The van der Waals surface area contributed by atoms with Crippen LogP contribution in [0.4, 0.5) is 5.69 Å². The number of fused-ring (bicyclic) bond motifs is 1. The van der Waals surface area contributed by atoms with Gasteiger partial charge >= 0.3 is 5.97 Å². The first kappa shape index (κ1) is 17.2. The molecule has 0 spiro atoms. The minimum atomic E-state index is -1.03. The van der Waals surface area contributed by atoms with E-state index in [1.165, 1.54) is 4.90 Å². The van der Waals surface area contributed by atoms with Crippen molar-refractivity contribution in [1.29, 1.82) is 0 Å². The van der Waals surface area contributed by atoms with Crippen LogP contribution >= 0.6 is 11.8 Å². The summed E-state index contributed by atoms with van der Waals surface area (Å²) in [5.41, 5.74) is 2.10. The maximum atomic E-state index is 12.7. The molecule has 0 aliphatic carbocycles. The third kappa shape index (κ3) is 3.74. The number of nitrogens with zero attached hydrogens (tertiary/aromatic N) is 1. The lowest BCUT2D eigenvalue weighted by Crippen LogP contribution is -2.49. The first-order valence-electron chi connectivity index (χ1n) is 7.93. The predicted molar refractivity (Wildman–Crippen MR) is 96.9 cm³/mol. The van der Waals surface area contributed by atoms with Crippen molar-refractivity contribution in [1.82, 2.24) is 0 Å². The number of thioether (sulfide) groups is 1. The van der Waals surface area contributed by atoms with E-state index in [1.807, 2.05) is 18.2 Å². The molecule has 0 aromatic heterocycles.